The quantitative estimate of drug-likeness (QED) is 0.903. The number of likely N-dealkylation sites (tertiary alicyclic amines) is 1. The van der Waals surface area contributed by atoms with Crippen molar-refractivity contribution in [1.29, 1.82) is 0 Å². The second-order valence-corrected chi connectivity index (χ2v) is 7.86. The van der Waals surface area contributed by atoms with Crippen LogP contribution >= 0.6 is 11.8 Å². The summed E-state index contributed by atoms with van der Waals surface area (Å²) in [5, 5.41) is 10.7. The summed E-state index contributed by atoms with van der Waals surface area (Å²) in [5.41, 5.74) is 2.76. The fourth-order valence-corrected chi connectivity index (χ4v) is 5.22. The van der Waals surface area contributed by atoms with Gasteiger partial charge in [-0.25, -0.2) is 0 Å². The largest absolute Gasteiger partial charge is 0.387 e. The third kappa shape index (κ3) is 3.18. The van der Waals surface area contributed by atoms with Crippen molar-refractivity contribution in [3.8, 4) is 0 Å². The summed E-state index contributed by atoms with van der Waals surface area (Å²) in [6.45, 7) is 3.35. The number of hydrogen-bond acceptors (Lipinski definition) is 2. The topological polar surface area (TPSA) is 24.7 Å². The summed E-state index contributed by atoms with van der Waals surface area (Å²) >= 11 is 1.86. The van der Waals surface area contributed by atoms with Crippen molar-refractivity contribution < 1.29 is 10.0 Å². The number of hydrogen-bond donors (Lipinski definition) is 2. The molecule has 0 saturated carbocycles. The van der Waals surface area contributed by atoms with Crippen molar-refractivity contribution in [3.63, 3.8) is 0 Å². The van der Waals surface area contributed by atoms with Gasteiger partial charge in [0.2, 0.25) is 0 Å². The number of rotatable bonds is 4. The molecule has 120 valence electrons. The first-order valence-corrected chi connectivity index (χ1v) is 9.50. The maximum Gasteiger partial charge on any atom is 0.104 e. The summed E-state index contributed by atoms with van der Waals surface area (Å²) in [4.78, 5) is 4.26. The van der Waals surface area contributed by atoms with Crippen LogP contribution < -0.4 is 4.90 Å². The summed E-state index contributed by atoms with van der Waals surface area (Å²) in [6.07, 6.45) is 3.23. The standard InChI is InChI=1S/C20H23NOS/c22-15(14-21-11-5-6-12-21)13-18-16-7-1-3-9-19(16)23-20-10-4-2-8-17(18)20/h1-4,7-10,15,18,22H,5-6,11-14H2/p+1/t15-/m0/s1. The van der Waals surface area contributed by atoms with E-state index in [-0.39, 0.29) is 6.10 Å². The van der Waals surface area contributed by atoms with Crippen molar-refractivity contribution in [2.45, 2.75) is 41.1 Å². The molecule has 2 nitrogen and oxygen atoms in total. The Bertz CT molecular complexity index is 635. The number of fused-ring (bicyclic) bond motifs is 2. The molecular formula is C20H24NOS+. The van der Waals surface area contributed by atoms with Crippen LogP contribution in [0.15, 0.2) is 58.3 Å². The van der Waals surface area contributed by atoms with Crippen LogP contribution in [-0.4, -0.2) is 30.8 Å². The second kappa shape index (κ2) is 6.68. The van der Waals surface area contributed by atoms with Gasteiger partial charge in [-0.1, -0.05) is 48.2 Å². The van der Waals surface area contributed by atoms with E-state index in [4.69, 9.17) is 0 Å². The molecular weight excluding hydrogens is 302 g/mol. The molecule has 0 radical (unpaired) electrons. The van der Waals surface area contributed by atoms with Crippen LogP contribution in [0.5, 0.6) is 0 Å². The molecule has 2 aromatic rings. The van der Waals surface area contributed by atoms with Crippen LogP contribution in [-0.2, 0) is 0 Å². The van der Waals surface area contributed by atoms with E-state index in [0.29, 0.717) is 5.92 Å². The van der Waals surface area contributed by atoms with Gasteiger partial charge in [0.25, 0.3) is 0 Å². The lowest BCUT2D eigenvalue weighted by Crippen LogP contribution is -3.11. The molecule has 0 aliphatic carbocycles. The van der Waals surface area contributed by atoms with Gasteiger partial charge in [0, 0.05) is 28.6 Å². The number of aliphatic hydroxyl groups excluding tert-OH is 1. The van der Waals surface area contributed by atoms with E-state index in [0.717, 1.165) is 13.0 Å². The summed E-state index contributed by atoms with van der Waals surface area (Å²) in [6, 6.07) is 17.4. The zero-order chi connectivity index (χ0) is 15.6. The van der Waals surface area contributed by atoms with Crippen LogP contribution in [0.4, 0.5) is 0 Å². The Balaban J connectivity index is 1.59. The van der Waals surface area contributed by atoms with Gasteiger partial charge >= 0.3 is 0 Å². The van der Waals surface area contributed by atoms with Crippen molar-refractivity contribution in [2.24, 2.45) is 0 Å². The molecule has 1 saturated heterocycles. The lowest BCUT2D eigenvalue weighted by atomic mass is 9.86. The van der Waals surface area contributed by atoms with Gasteiger partial charge in [-0.3, -0.25) is 0 Å². The SMILES string of the molecule is O[C@@H](CC1c2ccccc2Sc2ccccc21)C[NH+]1CCCC1. The highest BCUT2D eigenvalue weighted by Crippen LogP contribution is 2.47. The van der Waals surface area contributed by atoms with E-state index >= 15 is 0 Å². The minimum Gasteiger partial charge on any atom is -0.387 e. The summed E-state index contributed by atoms with van der Waals surface area (Å²) in [7, 11) is 0. The first-order chi connectivity index (χ1) is 11.3. The third-order valence-electron chi connectivity index (χ3n) is 5.15. The molecule has 2 aromatic carbocycles. The molecule has 23 heavy (non-hydrogen) atoms. The first-order valence-electron chi connectivity index (χ1n) is 8.68. The van der Waals surface area contributed by atoms with Crippen LogP contribution in [0.3, 0.4) is 0 Å². The van der Waals surface area contributed by atoms with E-state index in [1.807, 2.05) is 11.8 Å². The zero-order valence-corrected chi connectivity index (χ0v) is 14.2. The zero-order valence-electron chi connectivity index (χ0n) is 13.4. The van der Waals surface area contributed by atoms with Gasteiger partial charge in [0.05, 0.1) is 13.1 Å². The fourth-order valence-electron chi connectivity index (χ4n) is 4.03. The van der Waals surface area contributed by atoms with E-state index < -0.39 is 0 Å². The van der Waals surface area contributed by atoms with Crippen LogP contribution in [0.2, 0.25) is 0 Å². The van der Waals surface area contributed by atoms with Crippen LogP contribution in [0.25, 0.3) is 0 Å². The number of quaternary nitrogens is 1. The normalized spacial score (nSPS) is 19.3. The molecule has 0 amide bonds. The third-order valence-corrected chi connectivity index (χ3v) is 6.33. The maximum absolute atomic E-state index is 10.7. The van der Waals surface area contributed by atoms with Crippen LogP contribution in [0.1, 0.15) is 36.3 Å². The molecule has 2 aliphatic heterocycles. The van der Waals surface area contributed by atoms with E-state index in [9.17, 15) is 5.11 Å². The maximum atomic E-state index is 10.7. The Labute approximate surface area is 142 Å². The molecule has 1 atom stereocenters. The summed E-state index contributed by atoms with van der Waals surface area (Å²) in [5.74, 6) is 0.320. The molecule has 2 aliphatic rings. The first kappa shape index (κ1) is 15.3. The average molecular weight is 326 g/mol. The Kier molecular flexibility index (Phi) is 4.43. The van der Waals surface area contributed by atoms with E-state index in [2.05, 4.69) is 48.5 Å². The predicted molar refractivity (Wildman–Crippen MR) is 94.3 cm³/mol. The molecule has 4 rings (SSSR count). The molecule has 0 spiro atoms. The van der Waals surface area contributed by atoms with Gasteiger partial charge in [-0.15, -0.1) is 0 Å². The van der Waals surface area contributed by atoms with E-state index in [1.165, 1.54) is 46.8 Å². The minimum atomic E-state index is -0.225. The highest BCUT2D eigenvalue weighted by atomic mass is 32.2. The lowest BCUT2D eigenvalue weighted by Gasteiger charge is -2.29. The number of aliphatic hydroxyl groups is 1. The Morgan fingerprint density at radius 1 is 0.957 bits per heavy atom. The van der Waals surface area contributed by atoms with Crippen molar-refractivity contribution in [2.75, 3.05) is 19.6 Å². The molecule has 2 heterocycles. The number of benzene rings is 2. The monoisotopic (exact) mass is 326 g/mol. The smallest absolute Gasteiger partial charge is 0.104 e. The lowest BCUT2D eigenvalue weighted by molar-refractivity contribution is -0.890. The average Bonchev–Trinajstić information content (AvgIpc) is 3.07. The van der Waals surface area contributed by atoms with Gasteiger partial charge in [0.1, 0.15) is 12.6 Å². The van der Waals surface area contributed by atoms with Gasteiger partial charge < -0.3 is 10.0 Å². The van der Waals surface area contributed by atoms with E-state index in [1.54, 1.807) is 4.90 Å². The number of nitrogens with one attached hydrogen (secondary N) is 1. The Hall–Kier alpha value is -1.29. The van der Waals surface area contributed by atoms with Gasteiger partial charge in [0.15, 0.2) is 0 Å². The minimum absolute atomic E-state index is 0.225. The van der Waals surface area contributed by atoms with Gasteiger partial charge in [-0.2, -0.15) is 0 Å². The molecule has 1 fully saturated rings. The van der Waals surface area contributed by atoms with Crippen LogP contribution in [0, 0.1) is 0 Å². The summed E-state index contributed by atoms with van der Waals surface area (Å²) < 4.78 is 0. The Morgan fingerprint density at radius 2 is 1.52 bits per heavy atom. The predicted octanol–water partition coefficient (Wildman–Crippen LogP) is 2.71. The molecule has 3 heteroatoms. The van der Waals surface area contributed by atoms with Crippen molar-refractivity contribution in [3.05, 3.63) is 59.7 Å². The van der Waals surface area contributed by atoms with Crippen molar-refractivity contribution in [1.82, 2.24) is 0 Å². The second-order valence-electron chi connectivity index (χ2n) is 6.78. The molecule has 0 bridgehead atoms. The molecule has 2 N–H and O–H groups in total. The van der Waals surface area contributed by atoms with Gasteiger partial charge in [-0.05, 0) is 29.7 Å². The fraction of sp³-hybridized carbons (Fsp3) is 0.400. The molecule has 0 unspecified atom stereocenters. The van der Waals surface area contributed by atoms with Crippen molar-refractivity contribution >= 4 is 11.8 Å². The molecule has 0 aromatic heterocycles. The highest BCUT2D eigenvalue weighted by Gasteiger charge is 2.29. The Morgan fingerprint density at radius 3 is 2.13 bits per heavy atom. The highest BCUT2D eigenvalue weighted by molar-refractivity contribution is 7.99.